The van der Waals surface area contributed by atoms with E-state index in [1.54, 1.807) is 0 Å². The summed E-state index contributed by atoms with van der Waals surface area (Å²) in [6, 6.07) is 2.64. The van der Waals surface area contributed by atoms with Crippen LogP contribution in [0.3, 0.4) is 0 Å². The van der Waals surface area contributed by atoms with Gasteiger partial charge in [0.25, 0.3) is 0 Å². The molecule has 1 aromatic rings. The third-order valence-corrected chi connectivity index (χ3v) is 6.02. The topological polar surface area (TPSA) is 23.6 Å². The highest BCUT2D eigenvalue weighted by Gasteiger charge is 2.30. The van der Waals surface area contributed by atoms with Crippen molar-refractivity contribution in [2.75, 3.05) is 32.7 Å². The van der Waals surface area contributed by atoms with E-state index in [4.69, 9.17) is 0 Å². The van der Waals surface area contributed by atoms with Crippen molar-refractivity contribution < 1.29 is 4.79 Å². The second-order valence-electron chi connectivity index (χ2n) is 5.44. The number of likely N-dealkylation sites (tertiary alicyclic amines) is 2. The summed E-state index contributed by atoms with van der Waals surface area (Å²) < 4.78 is 0.942. The summed E-state index contributed by atoms with van der Waals surface area (Å²) in [6.07, 6.45) is 3.91. The van der Waals surface area contributed by atoms with E-state index < -0.39 is 0 Å². The molecule has 2 aliphatic heterocycles. The first-order chi connectivity index (χ1) is 9.24. The molecule has 2 aliphatic rings. The molecule has 3 rings (SSSR count). The zero-order valence-electron chi connectivity index (χ0n) is 11.0. The van der Waals surface area contributed by atoms with Gasteiger partial charge in [-0.1, -0.05) is 0 Å². The third kappa shape index (κ3) is 3.10. The largest absolute Gasteiger partial charge is 0.299 e. The molecule has 1 unspecified atom stereocenters. The Bertz CT molecular complexity index is 456. The second-order valence-corrected chi connectivity index (χ2v) is 7.21. The zero-order valence-corrected chi connectivity index (χ0v) is 13.4. The highest BCUT2D eigenvalue weighted by atomic mass is 79.9. The minimum Gasteiger partial charge on any atom is -0.299 e. The number of carbonyl (C=O) groups is 1. The molecule has 2 fully saturated rings. The molecule has 0 aliphatic carbocycles. The number of hydrogen-bond donors (Lipinski definition) is 0. The average molecular weight is 343 g/mol. The van der Waals surface area contributed by atoms with Crippen LogP contribution < -0.4 is 0 Å². The monoisotopic (exact) mass is 342 g/mol. The van der Waals surface area contributed by atoms with Gasteiger partial charge in [0.2, 0.25) is 0 Å². The standard InChI is InChI=1S/C14H19BrN2OS/c15-12-4-8-19-14(12)13(18)10-16-7-3-11(9-16)17-5-1-2-6-17/h4,8,11H,1-3,5-7,9-10H2. The van der Waals surface area contributed by atoms with Gasteiger partial charge in [-0.3, -0.25) is 14.6 Å². The van der Waals surface area contributed by atoms with Crippen LogP contribution in [0.5, 0.6) is 0 Å². The predicted molar refractivity (Wildman–Crippen MR) is 82.0 cm³/mol. The smallest absolute Gasteiger partial charge is 0.187 e. The molecule has 2 saturated heterocycles. The minimum absolute atomic E-state index is 0.254. The summed E-state index contributed by atoms with van der Waals surface area (Å²) in [6.45, 7) is 5.21. The lowest BCUT2D eigenvalue weighted by Gasteiger charge is -2.23. The number of thiophene rings is 1. The highest BCUT2D eigenvalue weighted by molar-refractivity contribution is 9.10. The van der Waals surface area contributed by atoms with Gasteiger partial charge in [0.05, 0.1) is 11.4 Å². The molecule has 0 spiro atoms. The van der Waals surface area contributed by atoms with Gasteiger partial charge in [-0.25, -0.2) is 0 Å². The normalized spacial score (nSPS) is 25.2. The summed E-state index contributed by atoms with van der Waals surface area (Å²) >= 11 is 4.98. The van der Waals surface area contributed by atoms with Gasteiger partial charge in [0, 0.05) is 23.6 Å². The Balaban J connectivity index is 1.54. The molecule has 19 heavy (non-hydrogen) atoms. The van der Waals surface area contributed by atoms with Crippen molar-refractivity contribution in [3.05, 3.63) is 20.8 Å². The van der Waals surface area contributed by atoms with Crippen molar-refractivity contribution in [2.45, 2.75) is 25.3 Å². The van der Waals surface area contributed by atoms with Gasteiger partial charge in [-0.15, -0.1) is 11.3 Å². The van der Waals surface area contributed by atoms with Crippen LogP contribution in [0.1, 0.15) is 28.9 Å². The van der Waals surface area contributed by atoms with E-state index in [2.05, 4.69) is 25.7 Å². The van der Waals surface area contributed by atoms with Crippen molar-refractivity contribution in [3.8, 4) is 0 Å². The van der Waals surface area contributed by atoms with Crippen molar-refractivity contribution in [3.63, 3.8) is 0 Å². The fraction of sp³-hybridized carbons (Fsp3) is 0.643. The zero-order chi connectivity index (χ0) is 13.2. The van der Waals surface area contributed by atoms with E-state index in [0.29, 0.717) is 12.6 Å². The van der Waals surface area contributed by atoms with Crippen LogP contribution in [-0.4, -0.2) is 54.3 Å². The van der Waals surface area contributed by atoms with Crippen LogP contribution in [0.2, 0.25) is 0 Å². The number of nitrogens with zero attached hydrogens (tertiary/aromatic N) is 2. The SMILES string of the molecule is O=C(CN1CCC(N2CCCC2)C1)c1sccc1Br. The summed E-state index contributed by atoms with van der Waals surface area (Å²) in [4.78, 5) is 18.0. The van der Waals surface area contributed by atoms with Crippen molar-refractivity contribution in [1.29, 1.82) is 0 Å². The lowest BCUT2D eigenvalue weighted by atomic mass is 10.2. The lowest BCUT2D eigenvalue weighted by Crippen LogP contribution is -2.36. The van der Waals surface area contributed by atoms with E-state index >= 15 is 0 Å². The van der Waals surface area contributed by atoms with E-state index in [-0.39, 0.29) is 5.78 Å². The van der Waals surface area contributed by atoms with Crippen LogP contribution in [-0.2, 0) is 0 Å². The van der Waals surface area contributed by atoms with E-state index in [9.17, 15) is 4.79 Å². The van der Waals surface area contributed by atoms with Crippen molar-refractivity contribution in [1.82, 2.24) is 9.80 Å². The Morgan fingerprint density at radius 2 is 2.16 bits per heavy atom. The van der Waals surface area contributed by atoms with Crippen molar-refractivity contribution in [2.24, 2.45) is 0 Å². The summed E-state index contributed by atoms with van der Waals surface area (Å²) in [5.74, 6) is 0.254. The Morgan fingerprint density at radius 3 is 2.84 bits per heavy atom. The average Bonchev–Trinajstić information content (AvgIpc) is 3.07. The molecule has 0 N–H and O–H groups in total. The molecule has 0 radical (unpaired) electrons. The maximum Gasteiger partial charge on any atom is 0.187 e. The molecule has 104 valence electrons. The second kappa shape index (κ2) is 6.04. The number of Topliss-reactive ketones (excluding diaryl/α,β-unsaturated/α-hetero) is 1. The molecule has 3 heterocycles. The number of rotatable bonds is 4. The molecule has 0 aromatic carbocycles. The van der Waals surface area contributed by atoms with E-state index in [1.165, 1.54) is 43.7 Å². The van der Waals surface area contributed by atoms with Crippen LogP contribution in [0, 0.1) is 0 Å². The fourth-order valence-electron chi connectivity index (χ4n) is 3.13. The molecule has 1 aromatic heterocycles. The van der Waals surface area contributed by atoms with E-state index in [0.717, 1.165) is 22.4 Å². The van der Waals surface area contributed by atoms with Gasteiger partial charge in [-0.2, -0.15) is 0 Å². The summed E-state index contributed by atoms with van der Waals surface area (Å²) in [7, 11) is 0. The first kappa shape index (κ1) is 13.7. The number of carbonyl (C=O) groups excluding carboxylic acids is 1. The van der Waals surface area contributed by atoms with Crippen molar-refractivity contribution >= 4 is 33.0 Å². The molecule has 0 bridgehead atoms. The molecular formula is C14H19BrN2OS. The van der Waals surface area contributed by atoms with Gasteiger partial charge in [-0.05, 0) is 59.7 Å². The summed E-state index contributed by atoms with van der Waals surface area (Å²) in [5.41, 5.74) is 0. The Hall–Kier alpha value is -0.230. The maximum absolute atomic E-state index is 12.2. The first-order valence-corrected chi connectivity index (χ1v) is 8.64. The quantitative estimate of drug-likeness (QED) is 0.786. The Morgan fingerprint density at radius 1 is 1.37 bits per heavy atom. The lowest BCUT2D eigenvalue weighted by molar-refractivity contribution is 0.0943. The van der Waals surface area contributed by atoms with Gasteiger partial charge in [0.15, 0.2) is 5.78 Å². The molecule has 1 atom stereocenters. The number of ketones is 1. The van der Waals surface area contributed by atoms with Gasteiger partial charge < -0.3 is 0 Å². The predicted octanol–water partition coefficient (Wildman–Crippen LogP) is 2.86. The first-order valence-electron chi connectivity index (χ1n) is 6.96. The minimum atomic E-state index is 0.254. The Kier molecular flexibility index (Phi) is 4.37. The van der Waals surface area contributed by atoms with Gasteiger partial charge >= 0.3 is 0 Å². The molecule has 5 heteroatoms. The number of halogens is 1. The highest BCUT2D eigenvalue weighted by Crippen LogP contribution is 2.25. The molecule has 0 saturated carbocycles. The number of hydrogen-bond acceptors (Lipinski definition) is 4. The van der Waals surface area contributed by atoms with Crippen LogP contribution in [0.25, 0.3) is 0 Å². The van der Waals surface area contributed by atoms with Crippen LogP contribution in [0.15, 0.2) is 15.9 Å². The molecule has 0 amide bonds. The fourth-order valence-corrected chi connectivity index (χ4v) is 4.65. The maximum atomic E-state index is 12.2. The van der Waals surface area contributed by atoms with E-state index in [1.807, 2.05) is 11.4 Å². The Labute approximate surface area is 126 Å². The van der Waals surface area contributed by atoms with Crippen LogP contribution in [0.4, 0.5) is 0 Å². The summed E-state index contributed by atoms with van der Waals surface area (Å²) in [5, 5.41) is 1.97. The van der Waals surface area contributed by atoms with Gasteiger partial charge in [0.1, 0.15) is 0 Å². The van der Waals surface area contributed by atoms with Crippen LogP contribution >= 0.6 is 27.3 Å². The third-order valence-electron chi connectivity index (χ3n) is 4.14. The molecular weight excluding hydrogens is 324 g/mol. The molecule has 3 nitrogen and oxygen atoms in total.